The fraction of sp³-hybridized carbons (Fsp3) is 0.321. The molecule has 1 saturated heterocycles. The quantitative estimate of drug-likeness (QED) is 0.392. The number of nitriles is 1. The summed E-state index contributed by atoms with van der Waals surface area (Å²) in [5.74, 6) is 0.542. The normalized spacial score (nSPS) is 14.7. The molecule has 1 aliphatic rings. The third kappa shape index (κ3) is 4.96. The molecule has 180 valence electrons. The minimum atomic E-state index is -0.795. The zero-order chi connectivity index (χ0) is 24.8. The minimum Gasteiger partial charge on any atom is -0.493 e. The summed E-state index contributed by atoms with van der Waals surface area (Å²) in [7, 11) is 0. The van der Waals surface area contributed by atoms with E-state index in [-0.39, 0.29) is 5.97 Å². The van der Waals surface area contributed by atoms with Gasteiger partial charge in [-0.15, -0.1) is 0 Å². The molecule has 3 aromatic rings. The summed E-state index contributed by atoms with van der Waals surface area (Å²) in [4.78, 5) is 20.1. The SMILES string of the molecule is CCOC(=O)C1(c2ccc(-c3ccccc3OCC)nc2)CCN(c2ccc(Cl)cc2C#N)CC1. The lowest BCUT2D eigenvalue weighted by Gasteiger charge is -2.41. The van der Waals surface area contributed by atoms with Gasteiger partial charge in [0.15, 0.2) is 0 Å². The maximum absolute atomic E-state index is 13.3. The van der Waals surface area contributed by atoms with Gasteiger partial charge < -0.3 is 14.4 Å². The fourth-order valence-electron chi connectivity index (χ4n) is 4.68. The third-order valence-corrected chi connectivity index (χ3v) is 6.72. The highest BCUT2D eigenvalue weighted by atomic mass is 35.5. The third-order valence-electron chi connectivity index (χ3n) is 6.48. The van der Waals surface area contributed by atoms with E-state index in [0.717, 1.165) is 28.3 Å². The molecule has 6 nitrogen and oxygen atoms in total. The van der Waals surface area contributed by atoms with Gasteiger partial charge in [0.1, 0.15) is 11.8 Å². The number of carbonyl (C=O) groups excluding carboxylic acids is 1. The second kappa shape index (κ2) is 10.8. The number of nitrogens with zero attached hydrogens (tertiary/aromatic N) is 3. The number of hydrogen-bond donors (Lipinski definition) is 0. The molecule has 7 heteroatoms. The Bertz CT molecular complexity index is 1230. The van der Waals surface area contributed by atoms with Gasteiger partial charge in [0, 0.05) is 29.9 Å². The Labute approximate surface area is 211 Å². The van der Waals surface area contributed by atoms with Crippen molar-refractivity contribution in [2.75, 3.05) is 31.2 Å². The first kappa shape index (κ1) is 24.6. The lowest BCUT2D eigenvalue weighted by molar-refractivity contribution is -0.151. The molecule has 1 aromatic heterocycles. The molecule has 0 bridgehead atoms. The van der Waals surface area contributed by atoms with Crippen molar-refractivity contribution in [1.82, 2.24) is 4.98 Å². The summed E-state index contributed by atoms with van der Waals surface area (Å²) < 4.78 is 11.3. The Morgan fingerprint density at radius 2 is 1.89 bits per heavy atom. The molecule has 2 aromatic carbocycles. The van der Waals surface area contributed by atoms with Crippen molar-refractivity contribution in [3.63, 3.8) is 0 Å². The Balaban J connectivity index is 1.63. The summed E-state index contributed by atoms with van der Waals surface area (Å²) in [6.45, 7) is 5.85. The minimum absolute atomic E-state index is 0.236. The predicted molar refractivity (Wildman–Crippen MR) is 137 cm³/mol. The number of aromatic nitrogens is 1. The molecule has 2 heterocycles. The number of para-hydroxylation sites is 1. The van der Waals surface area contributed by atoms with Crippen molar-refractivity contribution in [2.45, 2.75) is 32.1 Å². The van der Waals surface area contributed by atoms with Gasteiger partial charge in [-0.05, 0) is 68.7 Å². The molecule has 1 fully saturated rings. The monoisotopic (exact) mass is 489 g/mol. The van der Waals surface area contributed by atoms with Crippen LogP contribution in [0, 0.1) is 11.3 Å². The smallest absolute Gasteiger partial charge is 0.316 e. The molecule has 0 atom stereocenters. The maximum Gasteiger partial charge on any atom is 0.316 e. The summed E-state index contributed by atoms with van der Waals surface area (Å²) in [5.41, 5.74) is 3.10. The Morgan fingerprint density at radius 3 is 2.54 bits per heavy atom. The zero-order valence-electron chi connectivity index (χ0n) is 20.0. The van der Waals surface area contributed by atoms with Gasteiger partial charge in [-0.25, -0.2) is 0 Å². The van der Waals surface area contributed by atoms with Crippen molar-refractivity contribution in [2.24, 2.45) is 0 Å². The van der Waals surface area contributed by atoms with Crippen molar-refractivity contribution in [3.05, 3.63) is 76.9 Å². The van der Waals surface area contributed by atoms with Gasteiger partial charge in [0.2, 0.25) is 0 Å². The Kier molecular flexibility index (Phi) is 7.57. The van der Waals surface area contributed by atoms with Gasteiger partial charge in [0.05, 0.1) is 35.6 Å². The first-order valence-corrected chi connectivity index (χ1v) is 12.2. The molecule has 0 radical (unpaired) electrons. The van der Waals surface area contributed by atoms with E-state index in [2.05, 4.69) is 11.0 Å². The summed E-state index contributed by atoms with van der Waals surface area (Å²) in [5, 5.41) is 10.1. The van der Waals surface area contributed by atoms with Crippen LogP contribution in [0.15, 0.2) is 60.8 Å². The van der Waals surface area contributed by atoms with E-state index in [1.807, 2.05) is 56.3 Å². The second-order valence-electron chi connectivity index (χ2n) is 8.42. The number of benzene rings is 2. The number of anilines is 1. The zero-order valence-corrected chi connectivity index (χ0v) is 20.7. The Hall–Kier alpha value is -3.56. The standard InChI is InChI=1S/C28H28ClN3O3/c1-3-34-26-8-6-5-7-23(26)24-11-9-21(19-31-24)28(27(33)35-4-2)13-15-32(16-14-28)25-12-10-22(29)17-20(25)18-30/h5-12,17,19H,3-4,13-16H2,1-2H3. The fourth-order valence-corrected chi connectivity index (χ4v) is 4.85. The van der Waals surface area contributed by atoms with Gasteiger partial charge >= 0.3 is 5.97 Å². The number of hydrogen-bond acceptors (Lipinski definition) is 6. The van der Waals surface area contributed by atoms with Crippen LogP contribution < -0.4 is 9.64 Å². The number of halogens is 1. The highest BCUT2D eigenvalue weighted by molar-refractivity contribution is 6.30. The van der Waals surface area contributed by atoms with Crippen LogP contribution >= 0.6 is 11.6 Å². The topological polar surface area (TPSA) is 75.5 Å². The molecule has 1 aliphatic heterocycles. The van der Waals surface area contributed by atoms with Crippen molar-refractivity contribution >= 4 is 23.3 Å². The van der Waals surface area contributed by atoms with Crippen LogP contribution in [0.4, 0.5) is 5.69 Å². The molecule has 0 amide bonds. The van der Waals surface area contributed by atoms with Gasteiger partial charge in [-0.3, -0.25) is 9.78 Å². The summed E-state index contributed by atoms with van der Waals surface area (Å²) in [6, 6.07) is 19.3. The average molecular weight is 490 g/mol. The number of carbonyl (C=O) groups is 1. The van der Waals surface area contributed by atoms with Crippen molar-refractivity contribution in [1.29, 1.82) is 5.26 Å². The van der Waals surface area contributed by atoms with Gasteiger partial charge in [-0.1, -0.05) is 29.8 Å². The lowest BCUT2D eigenvalue weighted by Crippen LogP contribution is -2.48. The first-order chi connectivity index (χ1) is 17.0. The second-order valence-corrected chi connectivity index (χ2v) is 8.86. The first-order valence-electron chi connectivity index (χ1n) is 11.8. The summed E-state index contributed by atoms with van der Waals surface area (Å²) in [6.07, 6.45) is 2.89. The number of esters is 1. The largest absolute Gasteiger partial charge is 0.493 e. The van der Waals surface area contributed by atoms with E-state index >= 15 is 0 Å². The van der Waals surface area contributed by atoms with Crippen LogP contribution in [0.1, 0.15) is 37.8 Å². The average Bonchev–Trinajstić information content (AvgIpc) is 2.89. The van der Waals surface area contributed by atoms with Crippen molar-refractivity contribution in [3.8, 4) is 23.1 Å². The van der Waals surface area contributed by atoms with E-state index in [1.165, 1.54) is 0 Å². The van der Waals surface area contributed by atoms with E-state index in [1.54, 1.807) is 18.3 Å². The highest BCUT2D eigenvalue weighted by Crippen LogP contribution is 2.40. The van der Waals surface area contributed by atoms with E-state index < -0.39 is 5.41 Å². The molecule has 0 saturated carbocycles. The van der Waals surface area contributed by atoms with E-state index in [0.29, 0.717) is 49.7 Å². The van der Waals surface area contributed by atoms with Crippen LogP contribution in [0.2, 0.25) is 5.02 Å². The van der Waals surface area contributed by atoms with E-state index in [4.69, 9.17) is 26.1 Å². The molecule has 0 N–H and O–H groups in total. The van der Waals surface area contributed by atoms with Gasteiger partial charge in [0.25, 0.3) is 0 Å². The number of ether oxygens (including phenoxy) is 2. The van der Waals surface area contributed by atoms with Crippen LogP contribution in [0.5, 0.6) is 5.75 Å². The van der Waals surface area contributed by atoms with Crippen LogP contribution in [0.3, 0.4) is 0 Å². The number of piperidine rings is 1. The molecule has 0 unspecified atom stereocenters. The summed E-state index contributed by atoms with van der Waals surface area (Å²) >= 11 is 6.07. The lowest BCUT2D eigenvalue weighted by atomic mass is 9.73. The number of rotatable bonds is 7. The van der Waals surface area contributed by atoms with Crippen LogP contribution in [0.25, 0.3) is 11.3 Å². The molecular weight excluding hydrogens is 462 g/mol. The predicted octanol–water partition coefficient (Wildman–Crippen LogP) is 5.77. The van der Waals surface area contributed by atoms with Crippen LogP contribution in [-0.4, -0.2) is 37.3 Å². The molecule has 0 spiro atoms. The number of pyridine rings is 1. The van der Waals surface area contributed by atoms with E-state index in [9.17, 15) is 10.1 Å². The molecular formula is C28H28ClN3O3. The maximum atomic E-state index is 13.3. The highest BCUT2D eigenvalue weighted by Gasteiger charge is 2.45. The molecule has 0 aliphatic carbocycles. The van der Waals surface area contributed by atoms with Crippen molar-refractivity contribution < 1.29 is 14.3 Å². The molecule has 4 rings (SSSR count). The molecule has 35 heavy (non-hydrogen) atoms. The van der Waals surface area contributed by atoms with Gasteiger partial charge in [-0.2, -0.15) is 5.26 Å². The Morgan fingerprint density at radius 1 is 1.11 bits per heavy atom. The van der Waals surface area contributed by atoms with Crippen LogP contribution in [-0.2, 0) is 14.9 Å².